The van der Waals surface area contributed by atoms with Gasteiger partial charge in [-0.1, -0.05) is 12.1 Å². The Morgan fingerprint density at radius 3 is 2.71 bits per heavy atom. The van der Waals surface area contributed by atoms with Crippen LogP contribution in [0.1, 0.15) is 25.8 Å². The second-order valence-electron chi connectivity index (χ2n) is 4.75. The monoisotopic (exact) mass is 315 g/mol. The van der Waals surface area contributed by atoms with Gasteiger partial charge in [0.05, 0.1) is 11.8 Å². The number of carbonyl (C=O) groups excluding carboxylic acids is 1. The topological polar surface area (TPSA) is 111 Å². The molecule has 1 aromatic rings. The molecule has 0 heterocycles. The number of ether oxygens (including phenoxy) is 1. The minimum atomic E-state index is -4.02. The molecule has 4 N–H and O–H groups in total. The van der Waals surface area contributed by atoms with Crippen LogP contribution in [0, 0.1) is 0 Å². The van der Waals surface area contributed by atoms with Crippen molar-refractivity contribution >= 4 is 22.0 Å². The molecule has 0 fully saturated rings. The van der Waals surface area contributed by atoms with Gasteiger partial charge in [-0.05, 0) is 50.9 Å². The van der Waals surface area contributed by atoms with Gasteiger partial charge in [0.25, 0.3) is 0 Å². The molecule has 7 nitrogen and oxygen atoms in total. The third-order valence-electron chi connectivity index (χ3n) is 2.41. The third-order valence-corrected chi connectivity index (χ3v) is 3.35. The molecule has 0 unspecified atom stereocenters. The van der Waals surface area contributed by atoms with Crippen LogP contribution < -0.4 is 15.2 Å². The van der Waals surface area contributed by atoms with E-state index < -0.39 is 22.4 Å². The highest BCUT2D eigenvalue weighted by molar-refractivity contribution is 7.91. The van der Waals surface area contributed by atoms with Crippen molar-refractivity contribution in [2.24, 2.45) is 5.73 Å². The predicted octanol–water partition coefficient (Wildman–Crippen LogP) is 1.37. The first kappa shape index (κ1) is 17.3. The zero-order valence-corrected chi connectivity index (χ0v) is 12.9. The van der Waals surface area contributed by atoms with Crippen LogP contribution in [0.3, 0.4) is 0 Å². The minimum absolute atomic E-state index is 0.370. The number of anilines is 1. The SMILES string of the molecule is CC(C)OC(=O)NS(=O)(=O)Nc1cccc(CCCN)c1. The zero-order valence-electron chi connectivity index (χ0n) is 12.1. The quantitative estimate of drug-likeness (QED) is 0.704. The number of rotatable bonds is 7. The maximum Gasteiger partial charge on any atom is 0.422 e. The molecular weight excluding hydrogens is 294 g/mol. The van der Waals surface area contributed by atoms with E-state index in [2.05, 4.69) is 4.72 Å². The number of nitrogens with one attached hydrogen (secondary N) is 2. The number of benzene rings is 1. The molecule has 0 aliphatic heterocycles. The Labute approximate surface area is 125 Å². The summed E-state index contributed by atoms with van der Waals surface area (Å²) in [7, 11) is -4.02. The summed E-state index contributed by atoms with van der Waals surface area (Å²) < 4.78 is 32.3. The molecule has 0 bridgehead atoms. The van der Waals surface area contributed by atoms with Crippen molar-refractivity contribution in [3.05, 3.63) is 29.8 Å². The van der Waals surface area contributed by atoms with Gasteiger partial charge < -0.3 is 10.5 Å². The average molecular weight is 315 g/mol. The second-order valence-corrected chi connectivity index (χ2v) is 6.17. The van der Waals surface area contributed by atoms with Crippen LogP contribution in [0.5, 0.6) is 0 Å². The van der Waals surface area contributed by atoms with E-state index in [0.29, 0.717) is 12.2 Å². The molecular formula is C13H21N3O4S. The number of hydrogen-bond donors (Lipinski definition) is 3. The van der Waals surface area contributed by atoms with Crippen LogP contribution in [-0.4, -0.2) is 27.2 Å². The summed E-state index contributed by atoms with van der Waals surface area (Å²) in [6.07, 6.45) is 0.154. The normalized spacial score (nSPS) is 11.2. The van der Waals surface area contributed by atoms with Crippen molar-refractivity contribution < 1.29 is 17.9 Å². The smallest absolute Gasteiger partial charge is 0.422 e. The molecule has 0 saturated heterocycles. The van der Waals surface area contributed by atoms with E-state index in [1.54, 1.807) is 36.8 Å². The minimum Gasteiger partial charge on any atom is -0.446 e. The highest BCUT2D eigenvalue weighted by Crippen LogP contribution is 2.13. The number of aryl methyl sites for hydroxylation is 1. The lowest BCUT2D eigenvalue weighted by Crippen LogP contribution is -2.36. The number of hydrogen-bond acceptors (Lipinski definition) is 5. The van der Waals surface area contributed by atoms with Crippen molar-refractivity contribution in [1.82, 2.24) is 4.72 Å². The molecule has 1 rings (SSSR count). The lowest BCUT2D eigenvalue weighted by Gasteiger charge is -2.12. The van der Waals surface area contributed by atoms with Crippen molar-refractivity contribution in [2.75, 3.05) is 11.3 Å². The van der Waals surface area contributed by atoms with Gasteiger partial charge in [-0.3, -0.25) is 4.72 Å². The van der Waals surface area contributed by atoms with Gasteiger partial charge in [-0.25, -0.2) is 9.52 Å². The van der Waals surface area contributed by atoms with Crippen molar-refractivity contribution in [3.63, 3.8) is 0 Å². The van der Waals surface area contributed by atoms with Gasteiger partial charge in [0, 0.05) is 0 Å². The largest absolute Gasteiger partial charge is 0.446 e. The highest BCUT2D eigenvalue weighted by atomic mass is 32.2. The third kappa shape index (κ3) is 6.96. The molecule has 118 valence electrons. The van der Waals surface area contributed by atoms with Gasteiger partial charge >= 0.3 is 16.3 Å². The Morgan fingerprint density at radius 1 is 1.38 bits per heavy atom. The first-order valence-electron chi connectivity index (χ1n) is 6.62. The maximum absolute atomic E-state index is 11.8. The summed E-state index contributed by atoms with van der Waals surface area (Å²) in [6.45, 7) is 3.82. The summed E-state index contributed by atoms with van der Waals surface area (Å²) in [5.74, 6) is 0. The van der Waals surface area contributed by atoms with Gasteiger partial charge in [0.15, 0.2) is 0 Å². The Kier molecular flexibility index (Phi) is 6.44. The summed E-state index contributed by atoms with van der Waals surface area (Å²) >= 11 is 0. The number of nitrogens with two attached hydrogens (primary N) is 1. The summed E-state index contributed by atoms with van der Waals surface area (Å²) in [6, 6.07) is 6.91. The fourth-order valence-electron chi connectivity index (χ4n) is 1.63. The van der Waals surface area contributed by atoms with Gasteiger partial charge in [-0.2, -0.15) is 8.42 Å². The lowest BCUT2D eigenvalue weighted by atomic mass is 10.1. The fourth-order valence-corrected chi connectivity index (χ4v) is 2.38. The average Bonchev–Trinajstić information content (AvgIpc) is 2.34. The van der Waals surface area contributed by atoms with Crippen LogP contribution in [0.25, 0.3) is 0 Å². The van der Waals surface area contributed by atoms with Gasteiger partial charge in [-0.15, -0.1) is 0 Å². The molecule has 1 aromatic carbocycles. The van der Waals surface area contributed by atoms with E-state index in [9.17, 15) is 13.2 Å². The Balaban J connectivity index is 2.68. The molecule has 0 radical (unpaired) electrons. The van der Waals surface area contributed by atoms with E-state index in [4.69, 9.17) is 10.5 Å². The van der Waals surface area contributed by atoms with Crippen molar-refractivity contribution in [2.45, 2.75) is 32.8 Å². The van der Waals surface area contributed by atoms with Crippen LogP contribution in [0.4, 0.5) is 10.5 Å². The molecule has 0 atom stereocenters. The van der Waals surface area contributed by atoms with E-state index in [1.165, 1.54) is 0 Å². The van der Waals surface area contributed by atoms with Crippen molar-refractivity contribution in [3.8, 4) is 0 Å². The molecule has 8 heteroatoms. The van der Waals surface area contributed by atoms with Crippen molar-refractivity contribution in [1.29, 1.82) is 0 Å². The molecule has 0 saturated carbocycles. The van der Waals surface area contributed by atoms with E-state index >= 15 is 0 Å². The first-order valence-corrected chi connectivity index (χ1v) is 8.11. The first-order chi connectivity index (χ1) is 9.82. The van der Waals surface area contributed by atoms with Gasteiger partial charge in [0.1, 0.15) is 0 Å². The van der Waals surface area contributed by atoms with Crippen LogP contribution in [0.2, 0.25) is 0 Å². The van der Waals surface area contributed by atoms with E-state index in [0.717, 1.165) is 18.4 Å². The number of carbonyl (C=O) groups is 1. The Hall–Kier alpha value is -1.80. The Morgan fingerprint density at radius 2 is 2.10 bits per heavy atom. The summed E-state index contributed by atoms with van der Waals surface area (Å²) in [4.78, 5) is 11.3. The fraction of sp³-hybridized carbons (Fsp3) is 0.462. The second kappa shape index (κ2) is 7.84. The molecule has 0 aromatic heterocycles. The number of amides is 1. The maximum atomic E-state index is 11.8. The van der Waals surface area contributed by atoms with E-state index in [1.807, 2.05) is 6.07 Å². The molecule has 0 spiro atoms. The summed E-state index contributed by atoms with van der Waals surface area (Å²) in [5.41, 5.74) is 6.77. The predicted molar refractivity (Wildman–Crippen MR) is 81.1 cm³/mol. The molecule has 0 aliphatic rings. The van der Waals surface area contributed by atoms with E-state index in [-0.39, 0.29) is 0 Å². The highest BCUT2D eigenvalue weighted by Gasteiger charge is 2.16. The van der Waals surface area contributed by atoms with Crippen LogP contribution in [-0.2, 0) is 21.4 Å². The lowest BCUT2D eigenvalue weighted by molar-refractivity contribution is 0.121. The molecule has 21 heavy (non-hydrogen) atoms. The van der Waals surface area contributed by atoms with Crippen LogP contribution >= 0.6 is 0 Å². The standard InChI is InChI=1S/C13H21N3O4S/c1-10(2)20-13(17)16-21(18,19)15-12-7-3-5-11(9-12)6-4-8-14/h3,5,7,9-10,15H,4,6,8,14H2,1-2H3,(H,16,17). The molecule has 0 aliphatic carbocycles. The zero-order chi connectivity index (χ0) is 15.9. The van der Waals surface area contributed by atoms with Crippen LogP contribution in [0.15, 0.2) is 24.3 Å². The molecule has 1 amide bonds. The summed E-state index contributed by atoms with van der Waals surface area (Å²) in [5, 5.41) is 0. The van der Waals surface area contributed by atoms with Gasteiger partial charge in [0.2, 0.25) is 0 Å². The Bertz CT molecular complexity index is 573.